The number of aryl methyl sites for hydroxylation is 2. The number of hydrogen-bond acceptors (Lipinski definition) is 6. The molecule has 0 radical (unpaired) electrons. The Morgan fingerprint density at radius 2 is 1.78 bits per heavy atom. The van der Waals surface area contributed by atoms with Crippen molar-refractivity contribution in [3.05, 3.63) is 65.4 Å². The predicted octanol–water partition coefficient (Wildman–Crippen LogP) is 5.17. The Bertz CT molecular complexity index is 1260. The number of carbonyl (C=O) groups is 1. The van der Waals surface area contributed by atoms with Crippen molar-refractivity contribution in [1.82, 2.24) is 24.8 Å². The number of rotatable bonds is 5. The summed E-state index contributed by atoms with van der Waals surface area (Å²) in [4.78, 5) is 30.9. The molecule has 4 rings (SSSR count). The van der Waals surface area contributed by atoms with E-state index in [1.165, 1.54) is 0 Å². The topological polar surface area (TPSA) is 83.9 Å². The number of amides is 1. The number of aromatic nitrogens is 4. The van der Waals surface area contributed by atoms with Crippen LogP contribution in [0.2, 0.25) is 0 Å². The number of alkyl halides is 5. The molecule has 1 aliphatic rings. The first-order chi connectivity index (χ1) is 17.3. The summed E-state index contributed by atoms with van der Waals surface area (Å²) < 4.78 is 67.7. The van der Waals surface area contributed by atoms with Crippen LogP contribution in [0.25, 0.3) is 11.3 Å². The molecule has 3 aromatic rings. The van der Waals surface area contributed by atoms with Gasteiger partial charge in [0.1, 0.15) is 5.69 Å². The number of nitrogens with zero attached hydrogens (tertiary/aromatic N) is 5. The Balaban J connectivity index is 1.63. The molecule has 0 unspecified atom stereocenters. The summed E-state index contributed by atoms with van der Waals surface area (Å²) in [6.07, 6.45) is -2.14. The van der Waals surface area contributed by atoms with E-state index in [-0.39, 0.29) is 18.2 Å². The second-order valence-electron chi connectivity index (χ2n) is 9.28. The molecular formula is C25H25F5N6O. The minimum absolute atomic E-state index is 0.00275. The number of anilines is 1. The van der Waals surface area contributed by atoms with E-state index in [2.05, 4.69) is 25.3 Å². The average molecular weight is 521 g/mol. The van der Waals surface area contributed by atoms with Crippen LogP contribution < -0.4 is 5.32 Å². The Hall–Kier alpha value is -3.70. The van der Waals surface area contributed by atoms with E-state index in [0.717, 1.165) is 10.5 Å². The number of carbonyl (C=O) groups excluding carboxylic acids is 1. The third-order valence-electron chi connectivity index (χ3n) is 6.21. The molecule has 2 atom stereocenters. The molecule has 1 N–H and O–H groups in total. The molecule has 37 heavy (non-hydrogen) atoms. The molecule has 3 aromatic heterocycles. The molecule has 0 bridgehead atoms. The number of likely N-dealkylation sites (tertiary alicyclic amines) is 1. The number of nitrogens with one attached hydrogen (secondary N) is 1. The van der Waals surface area contributed by atoms with Crippen molar-refractivity contribution < 1.29 is 26.7 Å². The summed E-state index contributed by atoms with van der Waals surface area (Å²) in [6, 6.07) is 6.22. The zero-order chi connectivity index (χ0) is 27.0. The van der Waals surface area contributed by atoms with Gasteiger partial charge in [-0.1, -0.05) is 13.0 Å². The number of piperidine rings is 1. The molecule has 12 heteroatoms. The number of halogens is 5. The van der Waals surface area contributed by atoms with Crippen molar-refractivity contribution in [2.24, 2.45) is 5.92 Å². The normalized spacial score (nSPS) is 19.5. The first-order valence-electron chi connectivity index (χ1n) is 11.6. The van der Waals surface area contributed by atoms with E-state index in [1.807, 2.05) is 13.0 Å². The Morgan fingerprint density at radius 3 is 2.41 bits per heavy atom. The minimum atomic E-state index is -4.59. The largest absolute Gasteiger partial charge is 0.419 e. The highest BCUT2D eigenvalue weighted by Crippen LogP contribution is 2.36. The Morgan fingerprint density at radius 1 is 1.08 bits per heavy atom. The molecule has 4 heterocycles. The van der Waals surface area contributed by atoms with Gasteiger partial charge in [0.2, 0.25) is 5.95 Å². The monoisotopic (exact) mass is 520 g/mol. The van der Waals surface area contributed by atoms with Gasteiger partial charge in [-0.3, -0.25) is 9.78 Å². The second-order valence-corrected chi connectivity index (χ2v) is 9.28. The highest BCUT2D eigenvalue weighted by Gasteiger charge is 2.46. The van der Waals surface area contributed by atoms with Crippen molar-refractivity contribution >= 4 is 11.9 Å². The molecule has 1 saturated heterocycles. The third-order valence-corrected chi connectivity index (χ3v) is 6.21. The van der Waals surface area contributed by atoms with Gasteiger partial charge in [0.25, 0.3) is 11.8 Å². The lowest BCUT2D eigenvalue weighted by Gasteiger charge is -2.43. The van der Waals surface area contributed by atoms with Gasteiger partial charge in [-0.25, -0.2) is 23.7 Å². The Labute approximate surface area is 210 Å². The van der Waals surface area contributed by atoms with Crippen molar-refractivity contribution in [2.45, 2.75) is 45.3 Å². The summed E-state index contributed by atoms with van der Waals surface area (Å²) in [7, 11) is 0. The van der Waals surface area contributed by atoms with E-state index < -0.39 is 48.5 Å². The average Bonchev–Trinajstić information content (AvgIpc) is 2.82. The van der Waals surface area contributed by atoms with Gasteiger partial charge >= 0.3 is 6.18 Å². The number of hydrogen-bond donors (Lipinski definition) is 1. The quantitative estimate of drug-likeness (QED) is 0.468. The molecule has 1 amide bonds. The summed E-state index contributed by atoms with van der Waals surface area (Å²) in [5.74, 6) is -4.56. The first-order valence-corrected chi connectivity index (χ1v) is 11.6. The summed E-state index contributed by atoms with van der Waals surface area (Å²) in [5, 5.41) is 2.79. The van der Waals surface area contributed by atoms with Gasteiger partial charge < -0.3 is 10.2 Å². The molecule has 196 valence electrons. The number of pyridine rings is 2. The summed E-state index contributed by atoms with van der Waals surface area (Å²) >= 11 is 0. The van der Waals surface area contributed by atoms with Gasteiger partial charge in [0.05, 0.1) is 23.8 Å². The second kappa shape index (κ2) is 9.98. The zero-order valence-electron chi connectivity index (χ0n) is 20.4. The van der Waals surface area contributed by atoms with Crippen molar-refractivity contribution in [2.75, 3.05) is 18.4 Å². The lowest BCUT2D eigenvalue weighted by Crippen LogP contribution is -2.57. The molecule has 7 nitrogen and oxygen atoms in total. The van der Waals surface area contributed by atoms with Crippen molar-refractivity contribution in [1.29, 1.82) is 0 Å². The summed E-state index contributed by atoms with van der Waals surface area (Å²) in [6.45, 7) is 4.29. The van der Waals surface area contributed by atoms with Crippen LogP contribution in [0, 0.1) is 19.8 Å². The van der Waals surface area contributed by atoms with Crippen molar-refractivity contribution in [3.8, 4) is 11.3 Å². The van der Waals surface area contributed by atoms with E-state index >= 15 is 0 Å². The van der Waals surface area contributed by atoms with Gasteiger partial charge in [-0.15, -0.1) is 0 Å². The van der Waals surface area contributed by atoms with Crippen LogP contribution in [-0.4, -0.2) is 55.8 Å². The van der Waals surface area contributed by atoms with Crippen molar-refractivity contribution in [3.63, 3.8) is 0 Å². The van der Waals surface area contributed by atoms with E-state index in [1.54, 1.807) is 38.2 Å². The fraction of sp³-hybridized carbons (Fsp3) is 0.400. The molecule has 1 aliphatic heterocycles. The van der Waals surface area contributed by atoms with Crippen LogP contribution >= 0.6 is 0 Å². The van der Waals surface area contributed by atoms with Crippen LogP contribution in [-0.2, 0) is 6.18 Å². The van der Waals surface area contributed by atoms with Gasteiger partial charge in [-0.05, 0) is 43.5 Å². The van der Waals surface area contributed by atoms with Crippen LogP contribution in [0.1, 0.15) is 40.7 Å². The smallest absolute Gasteiger partial charge is 0.352 e. The molecule has 0 spiro atoms. The maximum Gasteiger partial charge on any atom is 0.419 e. The van der Waals surface area contributed by atoms with Gasteiger partial charge in [-0.2, -0.15) is 13.2 Å². The van der Waals surface area contributed by atoms with Crippen LogP contribution in [0.3, 0.4) is 0 Å². The Kier molecular flexibility index (Phi) is 7.11. The molecule has 0 aromatic carbocycles. The van der Waals surface area contributed by atoms with E-state index in [9.17, 15) is 26.7 Å². The lowest BCUT2D eigenvalue weighted by molar-refractivity contribution is -0.138. The molecular weight excluding hydrogens is 495 g/mol. The standard InChI is InChI=1S/C25H25F5N6O/c1-14-4-7-19(31-9-14)18-6-5-16(3)35-21(18)22(37)36-13-24(26,27)8-15(2)20(36)12-34-23-32-10-17(11-33-23)25(28,29)30/h4-7,9-11,15,20H,8,12-13H2,1-3H3,(H,32,33,34)/t15-,20-/m1/s1. The fourth-order valence-electron chi connectivity index (χ4n) is 4.33. The molecule has 0 aliphatic carbocycles. The predicted molar refractivity (Wildman–Crippen MR) is 126 cm³/mol. The highest BCUT2D eigenvalue weighted by atomic mass is 19.4. The first kappa shape index (κ1) is 26.4. The SMILES string of the molecule is Cc1ccc(-c2ccc(C)nc2C(=O)N2CC(F)(F)C[C@@H](C)[C@H]2CNc2ncc(C(F)(F)F)cn2)nc1. The lowest BCUT2D eigenvalue weighted by atomic mass is 9.88. The molecule has 1 fully saturated rings. The van der Waals surface area contributed by atoms with Crippen LogP contribution in [0.4, 0.5) is 27.9 Å². The maximum atomic E-state index is 14.6. The van der Waals surface area contributed by atoms with Crippen LogP contribution in [0.15, 0.2) is 42.9 Å². The van der Waals surface area contributed by atoms with E-state index in [0.29, 0.717) is 29.3 Å². The van der Waals surface area contributed by atoms with Gasteiger partial charge in [0, 0.05) is 42.8 Å². The maximum absolute atomic E-state index is 14.6. The third kappa shape index (κ3) is 6.00. The fourth-order valence-corrected chi connectivity index (χ4v) is 4.33. The summed E-state index contributed by atoms with van der Waals surface area (Å²) in [5.41, 5.74) is 1.32. The zero-order valence-corrected chi connectivity index (χ0v) is 20.4. The highest BCUT2D eigenvalue weighted by molar-refractivity contribution is 5.99. The van der Waals surface area contributed by atoms with Gasteiger partial charge in [0.15, 0.2) is 0 Å². The molecule has 0 saturated carbocycles. The van der Waals surface area contributed by atoms with Crippen LogP contribution in [0.5, 0.6) is 0 Å². The van der Waals surface area contributed by atoms with E-state index in [4.69, 9.17) is 0 Å². The minimum Gasteiger partial charge on any atom is -0.352 e.